The van der Waals surface area contributed by atoms with Crippen molar-refractivity contribution in [3.8, 4) is 17.2 Å². The van der Waals surface area contributed by atoms with Crippen molar-refractivity contribution in [3.05, 3.63) is 69.6 Å². The fourth-order valence-corrected chi connectivity index (χ4v) is 2.47. The number of methoxy groups -OCH3 is 2. The first-order valence-electron chi connectivity index (χ1n) is 8.34. The van der Waals surface area contributed by atoms with E-state index in [0.717, 1.165) is 5.56 Å². The number of aromatic amines is 1. The Morgan fingerprint density at radius 1 is 1.14 bits per heavy atom. The smallest absolute Gasteiger partial charge is 0.274 e. The van der Waals surface area contributed by atoms with Gasteiger partial charge in [0.2, 0.25) is 5.95 Å². The van der Waals surface area contributed by atoms with E-state index in [4.69, 9.17) is 9.47 Å². The lowest BCUT2D eigenvalue weighted by molar-refractivity contribution is 0.354. The predicted molar refractivity (Wildman–Crippen MR) is 104 cm³/mol. The highest BCUT2D eigenvalue weighted by Gasteiger charge is 2.09. The first-order chi connectivity index (χ1) is 13.6. The maximum Gasteiger partial charge on any atom is 0.274 e. The van der Waals surface area contributed by atoms with E-state index in [1.165, 1.54) is 6.21 Å². The summed E-state index contributed by atoms with van der Waals surface area (Å²) in [5.41, 5.74) is 3.80. The number of nitrogens with zero attached hydrogens (tertiary/aromatic N) is 3. The Labute approximate surface area is 160 Å². The molecule has 0 saturated carbocycles. The number of aromatic nitrogens is 3. The minimum Gasteiger partial charge on any atom is -0.507 e. The number of rotatable bonds is 7. The third kappa shape index (κ3) is 4.44. The fraction of sp³-hybridized carbons (Fsp3) is 0.158. The van der Waals surface area contributed by atoms with Gasteiger partial charge in [-0.1, -0.05) is 18.2 Å². The SMILES string of the molecule is COc1ccc(Cc2nnc(N/N=C/c3ccccc3O)[nH]c2=O)cc1OC. The van der Waals surface area contributed by atoms with E-state index in [9.17, 15) is 9.90 Å². The van der Waals surface area contributed by atoms with Gasteiger partial charge in [0.1, 0.15) is 11.4 Å². The molecule has 144 valence electrons. The molecule has 3 aromatic rings. The summed E-state index contributed by atoms with van der Waals surface area (Å²) in [4.78, 5) is 14.8. The van der Waals surface area contributed by atoms with Crippen LogP contribution in [-0.2, 0) is 6.42 Å². The molecule has 0 bridgehead atoms. The molecule has 0 atom stereocenters. The summed E-state index contributed by atoms with van der Waals surface area (Å²) in [6.07, 6.45) is 1.69. The second kappa shape index (κ2) is 8.67. The Hall–Kier alpha value is -3.88. The highest BCUT2D eigenvalue weighted by molar-refractivity contribution is 5.83. The number of ether oxygens (including phenoxy) is 2. The van der Waals surface area contributed by atoms with Crippen molar-refractivity contribution in [1.82, 2.24) is 15.2 Å². The van der Waals surface area contributed by atoms with Crippen molar-refractivity contribution >= 4 is 12.2 Å². The molecule has 0 aliphatic heterocycles. The summed E-state index contributed by atoms with van der Waals surface area (Å²) in [7, 11) is 3.10. The van der Waals surface area contributed by atoms with Gasteiger partial charge < -0.3 is 14.6 Å². The number of nitrogens with one attached hydrogen (secondary N) is 2. The molecule has 0 fully saturated rings. The van der Waals surface area contributed by atoms with E-state index in [2.05, 4.69) is 25.7 Å². The van der Waals surface area contributed by atoms with Gasteiger partial charge in [-0.3, -0.25) is 9.78 Å². The van der Waals surface area contributed by atoms with Crippen LogP contribution in [0.4, 0.5) is 5.95 Å². The van der Waals surface area contributed by atoms with Gasteiger partial charge in [-0.2, -0.15) is 5.10 Å². The Kier molecular flexibility index (Phi) is 5.85. The first kappa shape index (κ1) is 18.9. The summed E-state index contributed by atoms with van der Waals surface area (Å²) in [5.74, 6) is 1.36. The number of benzene rings is 2. The molecule has 1 aromatic heterocycles. The van der Waals surface area contributed by atoms with Crippen LogP contribution in [-0.4, -0.2) is 40.7 Å². The maximum absolute atomic E-state index is 12.3. The molecule has 9 nitrogen and oxygen atoms in total. The lowest BCUT2D eigenvalue weighted by Crippen LogP contribution is -2.18. The fourth-order valence-electron chi connectivity index (χ4n) is 2.47. The van der Waals surface area contributed by atoms with E-state index >= 15 is 0 Å². The molecule has 1 heterocycles. The summed E-state index contributed by atoms with van der Waals surface area (Å²) >= 11 is 0. The third-order valence-corrected chi connectivity index (χ3v) is 3.90. The average molecular weight is 381 g/mol. The molecule has 2 aromatic carbocycles. The van der Waals surface area contributed by atoms with E-state index in [-0.39, 0.29) is 29.4 Å². The minimum absolute atomic E-state index is 0.0905. The molecular formula is C19H19N5O4. The lowest BCUT2D eigenvalue weighted by Gasteiger charge is -2.09. The van der Waals surface area contributed by atoms with E-state index in [1.807, 2.05) is 6.07 Å². The number of aromatic hydroxyl groups is 1. The van der Waals surface area contributed by atoms with Gasteiger partial charge in [0, 0.05) is 12.0 Å². The van der Waals surface area contributed by atoms with Crippen molar-refractivity contribution in [2.45, 2.75) is 6.42 Å². The Morgan fingerprint density at radius 3 is 2.64 bits per heavy atom. The Morgan fingerprint density at radius 2 is 1.93 bits per heavy atom. The normalized spacial score (nSPS) is 10.8. The molecule has 0 radical (unpaired) electrons. The van der Waals surface area contributed by atoms with Gasteiger partial charge in [0.25, 0.3) is 5.56 Å². The number of hydrazone groups is 1. The molecule has 0 saturated heterocycles. The third-order valence-electron chi connectivity index (χ3n) is 3.90. The van der Waals surface area contributed by atoms with Gasteiger partial charge in [-0.15, -0.1) is 10.2 Å². The van der Waals surface area contributed by atoms with Gasteiger partial charge in [-0.25, -0.2) is 5.43 Å². The van der Waals surface area contributed by atoms with Crippen molar-refractivity contribution in [3.63, 3.8) is 0 Å². The summed E-state index contributed by atoms with van der Waals surface area (Å²) in [6.45, 7) is 0. The highest BCUT2D eigenvalue weighted by Crippen LogP contribution is 2.28. The van der Waals surface area contributed by atoms with Crippen LogP contribution < -0.4 is 20.5 Å². The second-order valence-corrected chi connectivity index (χ2v) is 5.74. The molecule has 0 aliphatic rings. The standard InChI is InChI=1S/C19H19N5O4/c1-27-16-8-7-12(10-17(16)28-2)9-14-18(26)21-19(24-22-14)23-20-11-13-5-3-4-6-15(13)25/h3-8,10-11,25H,9H2,1-2H3,(H2,21,23,24,26)/b20-11+. The molecule has 0 amide bonds. The van der Waals surface area contributed by atoms with Crippen LogP contribution in [0.1, 0.15) is 16.8 Å². The van der Waals surface area contributed by atoms with E-state index in [1.54, 1.807) is 50.6 Å². The first-order valence-corrected chi connectivity index (χ1v) is 8.34. The van der Waals surface area contributed by atoms with Gasteiger partial charge in [0.05, 0.1) is 20.4 Å². The number of hydrogen-bond acceptors (Lipinski definition) is 8. The number of H-pyrrole nitrogens is 1. The second-order valence-electron chi connectivity index (χ2n) is 5.74. The zero-order chi connectivity index (χ0) is 19.9. The van der Waals surface area contributed by atoms with Crippen LogP contribution in [0.15, 0.2) is 52.4 Å². The lowest BCUT2D eigenvalue weighted by atomic mass is 10.1. The Balaban J connectivity index is 1.71. The molecule has 28 heavy (non-hydrogen) atoms. The van der Waals surface area contributed by atoms with Crippen molar-refractivity contribution in [1.29, 1.82) is 0 Å². The van der Waals surface area contributed by atoms with E-state index in [0.29, 0.717) is 17.1 Å². The molecule has 3 N–H and O–H groups in total. The zero-order valence-corrected chi connectivity index (χ0v) is 15.3. The topological polar surface area (TPSA) is 122 Å². The van der Waals surface area contributed by atoms with Crippen molar-refractivity contribution < 1.29 is 14.6 Å². The largest absolute Gasteiger partial charge is 0.507 e. The number of phenolic OH excluding ortho intramolecular Hbond substituents is 1. The maximum atomic E-state index is 12.3. The van der Waals surface area contributed by atoms with Crippen molar-refractivity contribution in [2.24, 2.45) is 5.10 Å². The minimum atomic E-state index is -0.384. The molecule has 9 heteroatoms. The van der Waals surface area contributed by atoms with Crippen LogP contribution >= 0.6 is 0 Å². The monoisotopic (exact) mass is 381 g/mol. The quantitative estimate of drug-likeness (QED) is 0.422. The number of para-hydroxylation sites is 1. The molecule has 0 unspecified atom stereocenters. The molecule has 0 aliphatic carbocycles. The van der Waals surface area contributed by atoms with Crippen LogP contribution in [0.3, 0.4) is 0 Å². The van der Waals surface area contributed by atoms with E-state index < -0.39 is 0 Å². The van der Waals surface area contributed by atoms with Crippen LogP contribution in [0.5, 0.6) is 17.2 Å². The van der Waals surface area contributed by atoms with Crippen LogP contribution in [0, 0.1) is 0 Å². The number of anilines is 1. The summed E-state index contributed by atoms with van der Waals surface area (Å²) in [6, 6.07) is 12.1. The highest BCUT2D eigenvalue weighted by atomic mass is 16.5. The van der Waals surface area contributed by atoms with Gasteiger partial charge in [-0.05, 0) is 29.8 Å². The van der Waals surface area contributed by atoms with Gasteiger partial charge >= 0.3 is 0 Å². The molecule has 0 spiro atoms. The molecular weight excluding hydrogens is 362 g/mol. The van der Waals surface area contributed by atoms with Crippen molar-refractivity contribution in [2.75, 3.05) is 19.6 Å². The Bertz CT molecular complexity index is 1050. The molecule has 3 rings (SSSR count). The summed E-state index contributed by atoms with van der Waals surface area (Å²) in [5, 5.41) is 21.5. The predicted octanol–water partition coefficient (Wildman–Crippen LogP) is 1.92. The average Bonchev–Trinajstić information content (AvgIpc) is 2.71. The van der Waals surface area contributed by atoms with Crippen LogP contribution in [0.25, 0.3) is 0 Å². The zero-order valence-electron chi connectivity index (χ0n) is 15.3. The van der Waals surface area contributed by atoms with Crippen LogP contribution in [0.2, 0.25) is 0 Å². The summed E-state index contributed by atoms with van der Waals surface area (Å²) < 4.78 is 10.5. The van der Waals surface area contributed by atoms with Gasteiger partial charge in [0.15, 0.2) is 11.5 Å². The number of hydrogen-bond donors (Lipinski definition) is 3. The number of phenols is 1.